The summed E-state index contributed by atoms with van der Waals surface area (Å²) in [6.07, 6.45) is 10.2. The van der Waals surface area contributed by atoms with Crippen LogP contribution in [-0.4, -0.2) is 29.8 Å². The summed E-state index contributed by atoms with van der Waals surface area (Å²) >= 11 is 0. The molecule has 0 atom stereocenters. The van der Waals surface area contributed by atoms with Crippen molar-refractivity contribution in [3.63, 3.8) is 0 Å². The van der Waals surface area contributed by atoms with Gasteiger partial charge in [0.2, 0.25) is 5.91 Å². The first-order chi connectivity index (χ1) is 15.7. The van der Waals surface area contributed by atoms with Gasteiger partial charge in [-0.25, -0.2) is 0 Å². The minimum atomic E-state index is -0.108. The van der Waals surface area contributed by atoms with Gasteiger partial charge in [-0.15, -0.1) is 0 Å². The minimum absolute atomic E-state index is 0.0622. The third-order valence-corrected chi connectivity index (χ3v) is 6.21. The fourth-order valence-electron chi connectivity index (χ4n) is 4.47. The normalized spacial score (nSPS) is 12.8. The van der Waals surface area contributed by atoms with Crippen LogP contribution in [0.5, 0.6) is 0 Å². The highest BCUT2D eigenvalue weighted by molar-refractivity contribution is 6.04. The highest BCUT2D eigenvalue weighted by atomic mass is 16.2. The molecule has 170 valence electrons. The summed E-state index contributed by atoms with van der Waals surface area (Å²) in [6.45, 7) is 7.88. The maximum absolute atomic E-state index is 13.7. The summed E-state index contributed by atoms with van der Waals surface area (Å²) in [5, 5.41) is 0. The van der Waals surface area contributed by atoms with E-state index in [9.17, 15) is 9.59 Å². The number of anilines is 1. The molecule has 0 spiro atoms. The van der Waals surface area contributed by atoms with Crippen molar-refractivity contribution < 1.29 is 9.59 Å². The Balaban J connectivity index is 1.80. The molecule has 32 heavy (non-hydrogen) atoms. The molecule has 0 radical (unpaired) electrons. The van der Waals surface area contributed by atoms with Crippen molar-refractivity contribution in [3.05, 3.63) is 77.9 Å². The zero-order valence-electron chi connectivity index (χ0n) is 19.4. The molecule has 0 N–H and O–H groups in total. The van der Waals surface area contributed by atoms with Crippen LogP contribution < -0.4 is 4.90 Å². The first-order valence-corrected chi connectivity index (χ1v) is 12.0. The van der Waals surface area contributed by atoms with Crippen LogP contribution in [-0.2, 0) is 17.8 Å². The molecule has 0 bridgehead atoms. The van der Waals surface area contributed by atoms with Crippen LogP contribution in [0.25, 0.3) is 0 Å². The lowest BCUT2D eigenvalue weighted by Crippen LogP contribution is -2.36. The van der Waals surface area contributed by atoms with E-state index in [0.717, 1.165) is 54.6 Å². The van der Waals surface area contributed by atoms with Gasteiger partial charge in [-0.3, -0.25) is 9.59 Å². The van der Waals surface area contributed by atoms with Crippen LogP contribution in [0.1, 0.15) is 73.4 Å². The van der Waals surface area contributed by atoms with Crippen LogP contribution in [0.4, 0.5) is 5.69 Å². The summed E-state index contributed by atoms with van der Waals surface area (Å²) in [5.74, 6) is -0.0454. The fourth-order valence-corrected chi connectivity index (χ4v) is 4.47. The lowest BCUT2D eigenvalue weighted by atomic mass is 9.95. The summed E-state index contributed by atoms with van der Waals surface area (Å²) in [6, 6.07) is 16.0. The Morgan fingerprint density at radius 1 is 1.00 bits per heavy atom. The van der Waals surface area contributed by atoms with E-state index in [1.54, 1.807) is 4.90 Å². The van der Waals surface area contributed by atoms with Crippen molar-refractivity contribution in [1.29, 1.82) is 0 Å². The third kappa shape index (κ3) is 6.09. The quantitative estimate of drug-likeness (QED) is 0.315. The topological polar surface area (TPSA) is 40.6 Å². The Hall–Kier alpha value is -2.88. The van der Waals surface area contributed by atoms with Crippen molar-refractivity contribution in [2.24, 2.45) is 0 Å². The number of unbranched alkanes of at least 4 members (excludes halogenated alkanes) is 5. The number of carbonyl (C=O) groups is 2. The summed E-state index contributed by atoms with van der Waals surface area (Å²) in [4.78, 5) is 29.8. The smallest absolute Gasteiger partial charge is 0.254 e. The first kappa shape index (κ1) is 23.8. The van der Waals surface area contributed by atoms with Gasteiger partial charge in [-0.2, -0.15) is 0 Å². The number of hydrogen-bond acceptors (Lipinski definition) is 2. The number of carbonyl (C=O) groups excluding carboxylic acids is 2. The zero-order valence-corrected chi connectivity index (χ0v) is 19.4. The van der Waals surface area contributed by atoms with E-state index in [1.807, 2.05) is 41.3 Å². The lowest BCUT2D eigenvalue weighted by Gasteiger charge is -2.31. The van der Waals surface area contributed by atoms with E-state index in [2.05, 4.69) is 25.6 Å². The van der Waals surface area contributed by atoms with Crippen LogP contribution in [0.3, 0.4) is 0 Å². The number of hydrogen-bond donors (Lipinski definition) is 0. The van der Waals surface area contributed by atoms with Crippen LogP contribution in [0, 0.1) is 0 Å². The highest BCUT2D eigenvalue weighted by Crippen LogP contribution is 2.31. The molecule has 4 nitrogen and oxygen atoms in total. The van der Waals surface area contributed by atoms with Crippen LogP contribution in [0.15, 0.2) is 61.2 Å². The largest absolute Gasteiger partial charge is 0.334 e. The minimum Gasteiger partial charge on any atom is -0.334 e. The van der Waals surface area contributed by atoms with Crippen LogP contribution in [0.2, 0.25) is 0 Å². The van der Waals surface area contributed by atoms with E-state index in [0.29, 0.717) is 13.1 Å². The van der Waals surface area contributed by atoms with Crippen LogP contribution >= 0.6 is 0 Å². The second kappa shape index (κ2) is 12.2. The molecule has 0 unspecified atom stereocenters. The van der Waals surface area contributed by atoms with Crippen molar-refractivity contribution in [2.45, 2.75) is 64.8 Å². The Morgan fingerprint density at radius 2 is 1.75 bits per heavy atom. The SMILES string of the molecule is C=CC(=O)N1CCCc2c(C(=O)N(CCCCCCCC)Cc3ccccc3)cccc21. The average Bonchev–Trinajstić information content (AvgIpc) is 2.84. The average molecular weight is 433 g/mol. The Labute approximate surface area is 192 Å². The summed E-state index contributed by atoms with van der Waals surface area (Å²) < 4.78 is 0. The number of amides is 2. The number of fused-ring (bicyclic) bond motifs is 1. The first-order valence-electron chi connectivity index (χ1n) is 12.0. The number of rotatable bonds is 11. The maximum Gasteiger partial charge on any atom is 0.254 e. The highest BCUT2D eigenvalue weighted by Gasteiger charge is 2.27. The molecule has 1 aliphatic heterocycles. The van der Waals surface area contributed by atoms with Gasteiger partial charge >= 0.3 is 0 Å². The van der Waals surface area contributed by atoms with Gasteiger partial charge in [0.1, 0.15) is 0 Å². The Bertz CT molecular complexity index is 907. The molecule has 3 rings (SSSR count). The molecular weight excluding hydrogens is 396 g/mol. The summed E-state index contributed by atoms with van der Waals surface area (Å²) in [7, 11) is 0. The molecule has 2 amide bonds. The van der Waals surface area contributed by atoms with Crippen molar-refractivity contribution in [2.75, 3.05) is 18.0 Å². The number of benzene rings is 2. The molecule has 0 fully saturated rings. The van der Waals surface area contributed by atoms with Crippen molar-refractivity contribution in [3.8, 4) is 0 Å². The van der Waals surface area contributed by atoms with E-state index < -0.39 is 0 Å². The molecule has 2 aromatic carbocycles. The standard InChI is InChI=1S/C28H36N2O2/c1-3-5-6-7-8-12-20-29(22-23-15-10-9-11-16-23)28(32)25-17-13-19-26-24(25)18-14-21-30(26)27(31)4-2/h4,9-11,13,15-17,19H,2-3,5-8,12,14,18,20-22H2,1H3. The molecule has 0 saturated heterocycles. The Morgan fingerprint density at radius 3 is 2.50 bits per heavy atom. The van der Waals surface area contributed by atoms with Gasteiger partial charge in [-0.05, 0) is 48.6 Å². The molecule has 0 aromatic heterocycles. The van der Waals surface area contributed by atoms with E-state index in [-0.39, 0.29) is 11.8 Å². The van der Waals surface area contributed by atoms with Crippen molar-refractivity contribution >= 4 is 17.5 Å². The maximum atomic E-state index is 13.7. The van der Waals surface area contributed by atoms with E-state index in [4.69, 9.17) is 0 Å². The van der Waals surface area contributed by atoms with E-state index in [1.165, 1.54) is 31.8 Å². The molecular formula is C28H36N2O2. The second-order valence-corrected chi connectivity index (χ2v) is 8.58. The second-order valence-electron chi connectivity index (χ2n) is 8.58. The summed E-state index contributed by atoms with van der Waals surface area (Å²) in [5.41, 5.74) is 3.71. The monoisotopic (exact) mass is 432 g/mol. The van der Waals surface area contributed by atoms with Gasteiger partial charge in [0.15, 0.2) is 0 Å². The third-order valence-electron chi connectivity index (χ3n) is 6.21. The molecule has 1 aliphatic rings. The fraction of sp³-hybridized carbons (Fsp3) is 0.429. The van der Waals surface area contributed by atoms with E-state index >= 15 is 0 Å². The zero-order chi connectivity index (χ0) is 22.8. The number of nitrogens with zero attached hydrogens (tertiary/aromatic N) is 2. The molecule has 1 heterocycles. The van der Waals surface area contributed by atoms with Gasteiger partial charge < -0.3 is 9.80 Å². The van der Waals surface area contributed by atoms with Crippen molar-refractivity contribution in [1.82, 2.24) is 4.90 Å². The van der Waals surface area contributed by atoms with Gasteiger partial charge in [-0.1, -0.05) is 82.0 Å². The molecule has 0 saturated carbocycles. The predicted octanol–water partition coefficient (Wildman–Crippen LogP) is 6.15. The molecule has 2 aromatic rings. The lowest BCUT2D eigenvalue weighted by molar-refractivity contribution is -0.114. The van der Waals surface area contributed by atoms with Gasteiger partial charge in [0.05, 0.1) is 0 Å². The predicted molar refractivity (Wildman–Crippen MR) is 132 cm³/mol. The Kier molecular flexibility index (Phi) is 9.09. The van der Waals surface area contributed by atoms with Gasteiger partial charge in [0.25, 0.3) is 5.91 Å². The molecule has 0 aliphatic carbocycles. The van der Waals surface area contributed by atoms with Gasteiger partial charge in [0, 0.05) is 30.9 Å². The molecule has 4 heteroatoms.